The maximum absolute atomic E-state index is 9.65. The highest BCUT2D eigenvalue weighted by molar-refractivity contribution is 5.27. The van der Waals surface area contributed by atoms with E-state index >= 15 is 0 Å². The minimum absolute atomic E-state index is 0.0901. The highest BCUT2D eigenvalue weighted by atomic mass is 16.3. The molecule has 0 unspecified atom stereocenters. The van der Waals surface area contributed by atoms with Gasteiger partial charge in [-0.05, 0) is 55.7 Å². The van der Waals surface area contributed by atoms with Gasteiger partial charge in [-0.15, -0.1) is 0 Å². The normalized spacial score (nSPS) is 23.3. The predicted octanol–water partition coefficient (Wildman–Crippen LogP) is 3.09. The van der Waals surface area contributed by atoms with E-state index in [0.717, 1.165) is 51.5 Å². The number of likely N-dealkylation sites (tertiary alicyclic amines) is 1. The molecule has 0 spiro atoms. The topological polar surface area (TPSA) is 35.5 Å². The zero-order valence-electron chi connectivity index (χ0n) is 14.1. The average molecular weight is 314 g/mol. The summed E-state index contributed by atoms with van der Waals surface area (Å²) in [5, 5.41) is 13.3. The number of nitrogens with one attached hydrogen (secondary N) is 1. The zero-order valence-corrected chi connectivity index (χ0v) is 14.1. The first kappa shape index (κ1) is 16.7. The minimum atomic E-state index is -0.0901. The number of rotatable bonds is 6. The largest absolute Gasteiger partial charge is 0.393 e. The van der Waals surface area contributed by atoms with Crippen LogP contribution in [0.5, 0.6) is 0 Å². The molecule has 0 bridgehead atoms. The molecule has 0 amide bonds. The van der Waals surface area contributed by atoms with Crippen molar-refractivity contribution in [3.8, 4) is 0 Å². The van der Waals surface area contributed by atoms with E-state index in [1.165, 1.54) is 30.4 Å². The third-order valence-corrected chi connectivity index (χ3v) is 5.20. The van der Waals surface area contributed by atoms with Crippen molar-refractivity contribution < 1.29 is 5.11 Å². The molecule has 0 radical (unpaired) electrons. The van der Waals surface area contributed by atoms with Gasteiger partial charge >= 0.3 is 0 Å². The lowest BCUT2D eigenvalue weighted by Crippen LogP contribution is -2.35. The Hall–Kier alpha value is -1.16. The number of aliphatic hydroxyl groups is 1. The summed E-state index contributed by atoms with van der Waals surface area (Å²) >= 11 is 0. The van der Waals surface area contributed by atoms with E-state index in [1.54, 1.807) is 0 Å². The molecule has 3 heteroatoms. The standard InChI is InChI=1S/C20H30N2O/c23-20-10-12-22(13-11-20)16-19-9-5-4-8-18(19)15-21-14-17-6-2-1-3-7-17/h1-2,4-5,8-9,17,20-21,23H,3,6-7,10-16H2/t17-/m0/s1. The van der Waals surface area contributed by atoms with Gasteiger partial charge in [-0.25, -0.2) is 0 Å². The van der Waals surface area contributed by atoms with Crippen LogP contribution in [-0.4, -0.2) is 35.7 Å². The van der Waals surface area contributed by atoms with Crippen LogP contribution in [-0.2, 0) is 13.1 Å². The van der Waals surface area contributed by atoms with Crippen LogP contribution in [0.2, 0.25) is 0 Å². The van der Waals surface area contributed by atoms with Gasteiger partial charge in [0.2, 0.25) is 0 Å². The van der Waals surface area contributed by atoms with Gasteiger partial charge in [0.15, 0.2) is 0 Å². The lowest BCUT2D eigenvalue weighted by atomic mass is 9.94. The van der Waals surface area contributed by atoms with Crippen molar-refractivity contribution in [2.45, 2.75) is 51.3 Å². The van der Waals surface area contributed by atoms with Crippen LogP contribution in [0.25, 0.3) is 0 Å². The lowest BCUT2D eigenvalue weighted by molar-refractivity contribution is 0.0791. The number of aliphatic hydroxyl groups excluding tert-OH is 1. The van der Waals surface area contributed by atoms with Crippen molar-refractivity contribution >= 4 is 0 Å². The molecule has 126 valence electrons. The summed E-state index contributed by atoms with van der Waals surface area (Å²) in [5.74, 6) is 0.802. The Bertz CT molecular complexity index is 506. The van der Waals surface area contributed by atoms with Crippen molar-refractivity contribution in [1.82, 2.24) is 10.2 Å². The van der Waals surface area contributed by atoms with Crippen LogP contribution in [0.4, 0.5) is 0 Å². The molecule has 1 fully saturated rings. The molecule has 0 saturated carbocycles. The molecule has 1 heterocycles. The summed E-state index contributed by atoms with van der Waals surface area (Å²) in [5.41, 5.74) is 2.85. The van der Waals surface area contributed by atoms with Gasteiger partial charge in [-0.3, -0.25) is 4.90 Å². The van der Waals surface area contributed by atoms with Gasteiger partial charge in [-0.2, -0.15) is 0 Å². The quantitative estimate of drug-likeness (QED) is 0.792. The molecule has 3 rings (SSSR count). The summed E-state index contributed by atoms with van der Waals surface area (Å²) in [6.45, 7) is 5.12. The second kappa shape index (κ2) is 8.62. The van der Waals surface area contributed by atoms with E-state index in [2.05, 4.69) is 46.6 Å². The first-order chi connectivity index (χ1) is 11.3. The van der Waals surface area contributed by atoms with Crippen molar-refractivity contribution in [3.05, 3.63) is 47.5 Å². The van der Waals surface area contributed by atoms with Gasteiger partial charge in [0.1, 0.15) is 0 Å². The van der Waals surface area contributed by atoms with Crippen molar-refractivity contribution in [3.63, 3.8) is 0 Å². The third kappa shape index (κ3) is 5.17. The Morgan fingerprint density at radius 1 is 1.04 bits per heavy atom. The first-order valence-corrected chi connectivity index (χ1v) is 9.14. The fraction of sp³-hybridized carbons (Fsp3) is 0.600. The molecule has 0 aromatic heterocycles. The smallest absolute Gasteiger partial charge is 0.0564 e. The molecule has 1 aromatic carbocycles. The first-order valence-electron chi connectivity index (χ1n) is 9.14. The fourth-order valence-corrected chi connectivity index (χ4v) is 3.66. The van der Waals surface area contributed by atoms with E-state index in [9.17, 15) is 5.11 Å². The number of benzene rings is 1. The zero-order chi connectivity index (χ0) is 15.9. The van der Waals surface area contributed by atoms with Crippen LogP contribution < -0.4 is 5.32 Å². The fourth-order valence-electron chi connectivity index (χ4n) is 3.66. The second-order valence-electron chi connectivity index (χ2n) is 7.06. The van der Waals surface area contributed by atoms with Gasteiger partial charge in [0, 0.05) is 26.2 Å². The Balaban J connectivity index is 1.50. The van der Waals surface area contributed by atoms with Gasteiger partial charge in [-0.1, -0.05) is 36.4 Å². The number of hydrogen-bond donors (Lipinski definition) is 2. The highest BCUT2D eigenvalue weighted by Crippen LogP contribution is 2.19. The van der Waals surface area contributed by atoms with E-state index in [4.69, 9.17) is 0 Å². The Morgan fingerprint density at radius 3 is 2.57 bits per heavy atom. The number of allylic oxidation sites excluding steroid dienone is 2. The number of hydrogen-bond acceptors (Lipinski definition) is 3. The molecule has 2 N–H and O–H groups in total. The highest BCUT2D eigenvalue weighted by Gasteiger charge is 2.17. The van der Waals surface area contributed by atoms with Gasteiger partial charge in [0.25, 0.3) is 0 Å². The van der Waals surface area contributed by atoms with Crippen LogP contribution >= 0.6 is 0 Å². The summed E-state index contributed by atoms with van der Waals surface area (Å²) in [6, 6.07) is 8.79. The molecule has 1 aromatic rings. The molecule has 1 aliphatic carbocycles. The second-order valence-corrected chi connectivity index (χ2v) is 7.06. The SMILES string of the molecule is OC1CCN(Cc2ccccc2CNC[C@H]2CC=CCC2)CC1. The Morgan fingerprint density at radius 2 is 1.83 bits per heavy atom. The summed E-state index contributed by atoms with van der Waals surface area (Å²) in [4.78, 5) is 2.47. The van der Waals surface area contributed by atoms with Crippen molar-refractivity contribution in [2.75, 3.05) is 19.6 Å². The maximum Gasteiger partial charge on any atom is 0.0564 e. The summed E-state index contributed by atoms with van der Waals surface area (Å²) < 4.78 is 0. The average Bonchev–Trinajstić information content (AvgIpc) is 2.59. The maximum atomic E-state index is 9.65. The lowest BCUT2D eigenvalue weighted by Gasteiger charge is -2.30. The molecular weight excluding hydrogens is 284 g/mol. The van der Waals surface area contributed by atoms with Crippen molar-refractivity contribution in [2.24, 2.45) is 5.92 Å². The number of nitrogens with zero attached hydrogens (tertiary/aromatic N) is 1. The van der Waals surface area contributed by atoms with Gasteiger partial charge in [0.05, 0.1) is 6.10 Å². The predicted molar refractivity (Wildman–Crippen MR) is 95.1 cm³/mol. The van der Waals surface area contributed by atoms with Crippen LogP contribution in [0.15, 0.2) is 36.4 Å². The monoisotopic (exact) mass is 314 g/mol. The van der Waals surface area contributed by atoms with Crippen LogP contribution in [0, 0.1) is 5.92 Å². The molecule has 3 nitrogen and oxygen atoms in total. The molecule has 1 saturated heterocycles. The molecular formula is C20H30N2O. The Kier molecular flexibility index (Phi) is 6.26. The minimum Gasteiger partial charge on any atom is -0.393 e. The third-order valence-electron chi connectivity index (χ3n) is 5.20. The molecule has 1 atom stereocenters. The van der Waals surface area contributed by atoms with Crippen molar-refractivity contribution in [1.29, 1.82) is 0 Å². The van der Waals surface area contributed by atoms with Gasteiger partial charge < -0.3 is 10.4 Å². The number of piperidine rings is 1. The van der Waals surface area contributed by atoms with E-state index in [0.29, 0.717) is 0 Å². The molecule has 23 heavy (non-hydrogen) atoms. The molecule has 2 aliphatic rings. The van der Waals surface area contributed by atoms with E-state index < -0.39 is 0 Å². The molecule has 1 aliphatic heterocycles. The van der Waals surface area contributed by atoms with Crippen LogP contribution in [0.1, 0.15) is 43.2 Å². The van der Waals surface area contributed by atoms with E-state index in [-0.39, 0.29) is 6.10 Å². The Labute approximate surface area is 140 Å². The van der Waals surface area contributed by atoms with Crippen LogP contribution in [0.3, 0.4) is 0 Å². The summed E-state index contributed by atoms with van der Waals surface area (Å²) in [6.07, 6.45) is 10.2. The van der Waals surface area contributed by atoms with E-state index in [1.807, 2.05) is 0 Å². The summed E-state index contributed by atoms with van der Waals surface area (Å²) in [7, 11) is 0.